The number of ether oxygens (including phenoxy) is 1. The van der Waals surface area contributed by atoms with Gasteiger partial charge >= 0.3 is 6.09 Å². The monoisotopic (exact) mass is 282 g/mol. The van der Waals surface area contributed by atoms with Crippen LogP contribution in [-0.4, -0.2) is 42.8 Å². The second-order valence-electron chi connectivity index (χ2n) is 6.81. The maximum Gasteiger partial charge on any atom is 0.410 e. The molecular formula is C16H30N2O2. The first-order chi connectivity index (χ1) is 9.32. The zero-order valence-electron chi connectivity index (χ0n) is 13.5. The number of carbonyl (C=O) groups is 1. The second kappa shape index (κ2) is 7.11. The topological polar surface area (TPSA) is 41.6 Å². The molecule has 1 amide bonds. The van der Waals surface area contributed by atoms with Gasteiger partial charge in [0, 0.05) is 13.1 Å². The van der Waals surface area contributed by atoms with Crippen molar-refractivity contribution in [2.75, 3.05) is 26.2 Å². The summed E-state index contributed by atoms with van der Waals surface area (Å²) in [4.78, 5) is 13.9. The molecule has 2 rings (SSSR count). The summed E-state index contributed by atoms with van der Waals surface area (Å²) in [5.41, 5.74) is -0.0247. The number of carbonyl (C=O) groups excluding carboxylic acids is 1. The lowest BCUT2D eigenvalue weighted by Gasteiger charge is -2.33. The van der Waals surface area contributed by atoms with Gasteiger partial charge in [-0.15, -0.1) is 6.58 Å². The van der Waals surface area contributed by atoms with E-state index in [4.69, 9.17) is 4.74 Å². The number of allylic oxidation sites excluding steroid dienone is 1. The van der Waals surface area contributed by atoms with Gasteiger partial charge in [-0.1, -0.05) is 6.08 Å². The van der Waals surface area contributed by atoms with Gasteiger partial charge in [0.05, 0.1) is 0 Å². The van der Waals surface area contributed by atoms with Crippen molar-refractivity contribution in [2.24, 2.45) is 5.41 Å². The van der Waals surface area contributed by atoms with Gasteiger partial charge in [-0.3, -0.25) is 0 Å². The fraction of sp³-hybridized carbons (Fsp3) is 0.812. The molecule has 4 nitrogen and oxygen atoms in total. The van der Waals surface area contributed by atoms with Crippen LogP contribution in [0.1, 0.15) is 47.0 Å². The maximum atomic E-state index is 12.0. The SMILES string of the molecule is C=CC.CC(C)(C)OC(=O)N1CCC2(CCNCC2)C1. The Balaban J connectivity index is 0.000000612. The van der Waals surface area contributed by atoms with Gasteiger partial charge in [0.25, 0.3) is 0 Å². The molecule has 2 aliphatic heterocycles. The van der Waals surface area contributed by atoms with E-state index in [0.717, 1.165) is 32.6 Å². The molecule has 116 valence electrons. The zero-order valence-corrected chi connectivity index (χ0v) is 13.5. The molecule has 4 heteroatoms. The molecule has 0 atom stereocenters. The predicted molar refractivity (Wildman–Crippen MR) is 82.8 cm³/mol. The Morgan fingerprint density at radius 1 is 1.30 bits per heavy atom. The van der Waals surface area contributed by atoms with Gasteiger partial charge in [0.1, 0.15) is 5.60 Å². The third-order valence-corrected chi connectivity index (χ3v) is 3.75. The van der Waals surface area contributed by atoms with E-state index in [1.165, 1.54) is 12.8 Å². The highest BCUT2D eigenvalue weighted by Gasteiger charge is 2.41. The third-order valence-electron chi connectivity index (χ3n) is 3.75. The van der Waals surface area contributed by atoms with Crippen molar-refractivity contribution in [3.63, 3.8) is 0 Å². The largest absolute Gasteiger partial charge is 0.444 e. The molecule has 2 heterocycles. The summed E-state index contributed by atoms with van der Waals surface area (Å²) in [6, 6.07) is 0. The molecule has 0 aromatic heterocycles. The molecule has 0 radical (unpaired) electrons. The number of hydrogen-bond donors (Lipinski definition) is 1. The first-order valence-corrected chi connectivity index (χ1v) is 7.58. The lowest BCUT2D eigenvalue weighted by molar-refractivity contribution is 0.0264. The van der Waals surface area contributed by atoms with Gasteiger partial charge in [-0.05, 0) is 65.5 Å². The minimum absolute atomic E-state index is 0.145. The van der Waals surface area contributed by atoms with Crippen LogP contribution in [0, 0.1) is 5.41 Å². The Labute approximate surface area is 123 Å². The number of hydrogen-bond acceptors (Lipinski definition) is 3. The van der Waals surface area contributed by atoms with Crippen molar-refractivity contribution in [3.05, 3.63) is 12.7 Å². The Hall–Kier alpha value is -1.03. The first kappa shape index (κ1) is 17.0. The molecule has 2 aliphatic rings. The Kier molecular flexibility index (Phi) is 6.06. The van der Waals surface area contributed by atoms with Gasteiger partial charge in [0.2, 0.25) is 0 Å². The summed E-state index contributed by atoms with van der Waals surface area (Å²) in [6.07, 6.45) is 5.11. The number of rotatable bonds is 0. The molecule has 0 aromatic rings. The summed E-state index contributed by atoms with van der Waals surface area (Å²) < 4.78 is 5.43. The molecular weight excluding hydrogens is 252 g/mol. The highest BCUT2D eigenvalue weighted by atomic mass is 16.6. The van der Waals surface area contributed by atoms with Crippen LogP contribution in [0.4, 0.5) is 4.79 Å². The van der Waals surface area contributed by atoms with Crippen LogP contribution in [0.5, 0.6) is 0 Å². The van der Waals surface area contributed by atoms with Crippen LogP contribution < -0.4 is 5.32 Å². The highest BCUT2D eigenvalue weighted by molar-refractivity contribution is 5.68. The number of nitrogens with zero attached hydrogens (tertiary/aromatic N) is 1. The standard InChI is InChI=1S/C13H24N2O2.C3H6/c1-12(2,3)17-11(16)15-9-6-13(10-15)4-7-14-8-5-13;1-3-2/h14H,4-10H2,1-3H3;3H,1H2,2H3. The molecule has 0 bridgehead atoms. The summed E-state index contributed by atoms with van der Waals surface area (Å²) in [5.74, 6) is 0. The van der Waals surface area contributed by atoms with Crippen LogP contribution in [-0.2, 0) is 4.74 Å². The van der Waals surface area contributed by atoms with Crippen LogP contribution >= 0.6 is 0 Å². The summed E-state index contributed by atoms with van der Waals surface area (Å²) in [7, 11) is 0. The molecule has 1 spiro atoms. The zero-order chi connectivity index (χ0) is 15.2. The average Bonchev–Trinajstić information content (AvgIpc) is 2.73. The minimum Gasteiger partial charge on any atom is -0.444 e. The van der Waals surface area contributed by atoms with Crippen LogP contribution in [0.25, 0.3) is 0 Å². The highest BCUT2D eigenvalue weighted by Crippen LogP contribution is 2.38. The van der Waals surface area contributed by atoms with Gasteiger partial charge in [-0.25, -0.2) is 4.79 Å². The predicted octanol–water partition coefficient (Wildman–Crippen LogP) is 3.19. The van der Waals surface area contributed by atoms with Crippen molar-refractivity contribution in [1.29, 1.82) is 0 Å². The van der Waals surface area contributed by atoms with E-state index in [1.54, 1.807) is 6.08 Å². The molecule has 0 unspecified atom stereocenters. The molecule has 0 saturated carbocycles. The van der Waals surface area contributed by atoms with Gasteiger partial charge < -0.3 is 15.0 Å². The number of piperidine rings is 1. The van der Waals surface area contributed by atoms with Crippen molar-refractivity contribution in [3.8, 4) is 0 Å². The molecule has 0 aliphatic carbocycles. The summed E-state index contributed by atoms with van der Waals surface area (Å²) >= 11 is 0. The summed E-state index contributed by atoms with van der Waals surface area (Å²) in [5, 5.41) is 3.38. The molecule has 0 aromatic carbocycles. The fourth-order valence-electron chi connectivity index (χ4n) is 2.78. The lowest BCUT2D eigenvalue weighted by atomic mass is 9.78. The van der Waals surface area contributed by atoms with Crippen molar-refractivity contribution < 1.29 is 9.53 Å². The quantitative estimate of drug-likeness (QED) is 0.694. The van der Waals surface area contributed by atoms with Crippen molar-refractivity contribution in [2.45, 2.75) is 52.6 Å². The minimum atomic E-state index is -0.388. The van der Waals surface area contributed by atoms with Gasteiger partial charge in [-0.2, -0.15) is 0 Å². The molecule has 20 heavy (non-hydrogen) atoms. The molecule has 2 saturated heterocycles. The lowest BCUT2D eigenvalue weighted by Crippen LogP contribution is -2.41. The molecule has 2 fully saturated rings. The second-order valence-corrected chi connectivity index (χ2v) is 6.81. The Morgan fingerprint density at radius 2 is 1.85 bits per heavy atom. The van der Waals surface area contributed by atoms with E-state index in [9.17, 15) is 4.79 Å². The Morgan fingerprint density at radius 3 is 2.35 bits per heavy atom. The van der Waals surface area contributed by atoms with Gasteiger partial charge in [0.15, 0.2) is 0 Å². The molecule has 1 N–H and O–H groups in total. The number of likely N-dealkylation sites (tertiary alicyclic amines) is 1. The first-order valence-electron chi connectivity index (χ1n) is 7.58. The fourth-order valence-corrected chi connectivity index (χ4v) is 2.78. The summed E-state index contributed by atoms with van der Waals surface area (Å²) in [6.45, 7) is 14.9. The smallest absolute Gasteiger partial charge is 0.410 e. The van der Waals surface area contributed by atoms with Crippen molar-refractivity contribution in [1.82, 2.24) is 10.2 Å². The maximum absolute atomic E-state index is 12.0. The average molecular weight is 282 g/mol. The Bertz CT molecular complexity index is 328. The van der Waals surface area contributed by atoms with E-state index in [0.29, 0.717) is 5.41 Å². The van der Waals surface area contributed by atoms with E-state index in [2.05, 4.69) is 11.9 Å². The van der Waals surface area contributed by atoms with Crippen LogP contribution in [0.3, 0.4) is 0 Å². The van der Waals surface area contributed by atoms with Crippen LogP contribution in [0.2, 0.25) is 0 Å². The number of amides is 1. The van der Waals surface area contributed by atoms with Crippen LogP contribution in [0.15, 0.2) is 12.7 Å². The van der Waals surface area contributed by atoms with E-state index in [1.807, 2.05) is 32.6 Å². The normalized spacial score (nSPS) is 21.1. The van der Waals surface area contributed by atoms with Crippen molar-refractivity contribution >= 4 is 6.09 Å². The van der Waals surface area contributed by atoms with E-state index in [-0.39, 0.29) is 11.7 Å². The number of nitrogens with one attached hydrogen (secondary N) is 1. The third kappa shape index (κ3) is 5.16. The van der Waals surface area contributed by atoms with E-state index < -0.39 is 0 Å². The van der Waals surface area contributed by atoms with E-state index >= 15 is 0 Å².